The van der Waals surface area contributed by atoms with Crippen LogP contribution in [0, 0.1) is 0 Å². The molecule has 0 spiro atoms. The zero-order valence-corrected chi connectivity index (χ0v) is 15.8. The van der Waals surface area contributed by atoms with E-state index in [1.54, 1.807) is 30.6 Å². The Kier molecular flexibility index (Phi) is 5.06. The van der Waals surface area contributed by atoms with Gasteiger partial charge in [-0.15, -0.1) is 11.8 Å². The normalized spacial score (nSPS) is 14.4. The van der Waals surface area contributed by atoms with Crippen molar-refractivity contribution in [3.05, 3.63) is 60.9 Å². The molecule has 0 aliphatic carbocycles. The number of hydrogen-bond acceptors (Lipinski definition) is 6. The first-order chi connectivity index (χ1) is 13.2. The summed E-state index contributed by atoms with van der Waals surface area (Å²) in [7, 11) is 0. The van der Waals surface area contributed by atoms with Crippen molar-refractivity contribution in [2.75, 3.05) is 37.3 Å². The minimum atomic E-state index is 0.0871. The van der Waals surface area contributed by atoms with Gasteiger partial charge in [-0.2, -0.15) is 0 Å². The number of hydrogen-bond donors (Lipinski definition) is 0. The van der Waals surface area contributed by atoms with E-state index in [2.05, 4.69) is 19.9 Å². The molecule has 27 heavy (non-hydrogen) atoms. The number of carbonyl (C=O) groups excluding carboxylic acids is 1. The van der Waals surface area contributed by atoms with Crippen LogP contribution in [0.15, 0.2) is 60.3 Å². The number of anilines is 1. The monoisotopic (exact) mass is 380 g/mol. The molecular formula is C19H20N6OS. The van der Waals surface area contributed by atoms with Crippen LogP contribution >= 0.6 is 11.8 Å². The van der Waals surface area contributed by atoms with Gasteiger partial charge in [-0.3, -0.25) is 9.36 Å². The van der Waals surface area contributed by atoms with Crippen LogP contribution < -0.4 is 4.90 Å². The molecule has 0 atom stereocenters. The van der Waals surface area contributed by atoms with Crippen molar-refractivity contribution in [3.63, 3.8) is 0 Å². The van der Waals surface area contributed by atoms with Crippen LogP contribution in [0.2, 0.25) is 0 Å². The van der Waals surface area contributed by atoms with Gasteiger partial charge in [0, 0.05) is 55.1 Å². The fourth-order valence-electron chi connectivity index (χ4n) is 3.10. The Balaban J connectivity index is 1.41. The third kappa shape index (κ3) is 3.80. The summed E-state index contributed by atoms with van der Waals surface area (Å²) in [6.45, 7) is 2.84. The summed E-state index contributed by atoms with van der Waals surface area (Å²) in [5.41, 5.74) is 0.741. The first kappa shape index (κ1) is 17.5. The van der Waals surface area contributed by atoms with E-state index in [0.717, 1.165) is 35.2 Å². The van der Waals surface area contributed by atoms with Crippen LogP contribution in [0.4, 0.5) is 5.82 Å². The van der Waals surface area contributed by atoms with Crippen LogP contribution in [0.1, 0.15) is 10.4 Å². The molecule has 4 rings (SSSR count). The molecule has 8 heteroatoms. The molecule has 0 radical (unpaired) electrons. The van der Waals surface area contributed by atoms with Crippen molar-refractivity contribution in [3.8, 4) is 5.82 Å². The number of imidazole rings is 1. The second-order valence-corrected chi connectivity index (χ2v) is 7.09. The summed E-state index contributed by atoms with van der Waals surface area (Å²) in [4.78, 5) is 30.7. The molecule has 0 bridgehead atoms. The summed E-state index contributed by atoms with van der Waals surface area (Å²) in [5, 5.41) is 0. The molecule has 1 saturated heterocycles. The highest BCUT2D eigenvalue weighted by Gasteiger charge is 2.23. The van der Waals surface area contributed by atoms with E-state index in [0.29, 0.717) is 13.1 Å². The molecule has 1 amide bonds. The van der Waals surface area contributed by atoms with E-state index in [-0.39, 0.29) is 5.91 Å². The first-order valence-electron chi connectivity index (χ1n) is 8.73. The number of nitrogens with zero attached hydrogens (tertiary/aromatic N) is 6. The fraction of sp³-hybridized carbons (Fsp3) is 0.263. The number of rotatable bonds is 4. The van der Waals surface area contributed by atoms with Crippen molar-refractivity contribution >= 4 is 23.5 Å². The Morgan fingerprint density at radius 2 is 1.78 bits per heavy atom. The number of carbonyl (C=O) groups is 1. The molecule has 0 N–H and O–H groups in total. The van der Waals surface area contributed by atoms with Crippen molar-refractivity contribution < 1.29 is 4.79 Å². The zero-order chi connectivity index (χ0) is 18.6. The van der Waals surface area contributed by atoms with E-state index in [1.165, 1.54) is 0 Å². The lowest BCUT2D eigenvalue weighted by Crippen LogP contribution is -2.49. The lowest BCUT2D eigenvalue weighted by Gasteiger charge is -2.35. The lowest BCUT2D eigenvalue weighted by molar-refractivity contribution is 0.0746. The largest absolute Gasteiger partial charge is 0.353 e. The van der Waals surface area contributed by atoms with Crippen LogP contribution in [-0.2, 0) is 0 Å². The second-order valence-electron chi connectivity index (χ2n) is 6.21. The van der Waals surface area contributed by atoms with Crippen molar-refractivity contribution in [1.29, 1.82) is 0 Å². The molecular weight excluding hydrogens is 360 g/mol. The second kappa shape index (κ2) is 7.79. The van der Waals surface area contributed by atoms with Gasteiger partial charge in [0.15, 0.2) is 0 Å². The van der Waals surface area contributed by atoms with E-state index in [1.807, 2.05) is 52.3 Å². The quantitative estimate of drug-likeness (QED) is 0.647. The highest BCUT2D eigenvalue weighted by atomic mass is 32.2. The van der Waals surface area contributed by atoms with Crippen molar-refractivity contribution in [2.45, 2.75) is 4.90 Å². The highest BCUT2D eigenvalue weighted by Crippen LogP contribution is 2.19. The van der Waals surface area contributed by atoms with Crippen LogP contribution in [0.25, 0.3) is 5.82 Å². The molecule has 0 unspecified atom stereocenters. The third-order valence-electron chi connectivity index (χ3n) is 4.64. The molecule has 138 valence electrons. The van der Waals surface area contributed by atoms with Gasteiger partial charge < -0.3 is 9.80 Å². The Bertz CT molecular complexity index is 904. The summed E-state index contributed by atoms with van der Waals surface area (Å²) in [5.74, 6) is 1.74. The summed E-state index contributed by atoms with van der Waals surface area (Å²) in [6, 6.07) is 9.74. The number of piperazine rings is 1. The Hall–Kier alpha value is -2.87. The Morgan fingerprint density at radius 3 is 2.44 bits per heavy atom. The summed E-state index contributed by atoms with van der Waals surface area (Å²) >= 11 is 1.67. The molecule has 1 fully saturated rings. The van der Waals surface area contributed by atoms with Crippen LogP contribution in [-0.4, -0.2) is 62.8 Å². The average molecular weight is 380 g/mol. The summed E-state index contributed by atoms with van der Waals surface area (Å²) in [6.07, 6.45) is 8.88. The number of thioether (sulfide) groups is 1. The van der Waals surface area contributed by atoms with Gasteiger partial charge in [-0.1, -0.05) is 0 Å². The molecule has 7 nitrogen and oxygen atoms in total. The van der Waals surface area contributed by atoms with Crippen LogP contribution in [0.5, 0.6) is 0 Å². The zero-order valence-electron chi connectivity index (χ0n) is 15.0. The molecule has 3 heterocycles. The minimum Gasteiger partial charge on any atom is -0.353 e. The predicted molar refractivity (Wildman–Crippen MR) is 105 cm³/mol. The van der Waals surface area contributed by atoms with Gasteiger partial charge >= 0.3 is 0 Å². The lowest BCUT2D eigenvalue weighted by atomic mass is 10.2. The first-order valence-corrected chi connectivity index (χ1v) is 9.96. The molecule has 2 aromatic heterocycles. The highest BCUT2D eigenvalue weighted by molar-refractivity contribution is 7.98. The van der Waals surface area contributed by atoms with E-state index in [4.69, 9.17) is 0 Å². The van der Waals surface area contributed by atoms with E-state index >= 15 is 0 Å². The van der Waals surface area contributed by atoms with Gasteiger partial charge in [0.2, 0.25) is 0 Å². The number of benzene rings is 1. The maximum atomic E-state index is 12.7. The maximum absolute atomic E-state index is 12.7. The van der Waals surface area contributed by atoms with Crippen molar-refractivity contribution in [2.24, 2.45) is 0 Å². The van der Waals surface area contributed by atoms with E-state index in [9.17, 15) is 4.79 Å². The van der Waals surface area contributed by atoms with Gasteiger partial charge in [0.25, 0.3) is 5.91 Å². The van der Waals surface area contributed by atoms with Crippen molar-refractivity contribution in [1.82, 2.24) is 24.4 Å². The fourth-order valence-corrected chi connectivity index (χ4v) is 3.51. The average Bonchev–Trinajstić information content (AvgIpc) is 3.29. The standard InChI is InChI=1S/C19H20N6OS/c1-27-16-4-2-15(3-5-16)19(26)24-10-8-23(9-11-24)17-12-18(22-13-21-17)25-7-6-20-14-25/h2-7,12-14H,8-11H2,1H3. The van der Waals surface area contributed by atoms with Gasteiger partial charge in [0.1, 0.15) is 24.3 Å². The van der Waals surface area contributed by atoms with Gasteiger partial charge in [0.05, 0.1) is 0 Å². The molecule has 1 aliphatic rings. The Morgan fingerprint density at radius 1 is 1.04 bits per heavy atom. The molecule has 1 aliphatic heterocycles. The molecule has 3 aromatic rings. The van der Waals surface area contributed by atoms with Gasteiger partial charge in [-0.25, -0.2) is 15.0 Å². The SMILES string of the molecule is CSc1ccc(C(=O)N2CCN(c3cc(-n4ccnc4)ncn3)CC2)cc1. The maximum Gasteiger partial charge on any atom is 0.253 e. The number of aromatic nitrogens is 4. The number of amides is 1. The minimum absolute atomic E-state index is 0.0871. The van der Waals surface area contributed by atoms with Gasteiger partial charge in [-0.05, 0) is 30.5 Å². The summed E-state index contributed by atoms with van der Waals surface area (Å²) < 4.78 is 1.85. The molecule has 1 aromatic carbocycles. The molecule has 0 saturated carbocycles. The van der Waals surface area contributed by atoms with Crippen LogP contribution in [0.3, 0.4) is 0 Å². The topological polar surface area (TPSA) is 67.2 Å². The predicted octanol–water partition coefficient (Wildman–Crippen LogP) is 2.35. The smallest absolute Gasteiger partial charge is 0.253 e. The van der Waals surface area contributed by atoms with E-state index < -0.39 is 0 Å². The Labute approximate surface area is 162 Å². The third-order valence-corrected chi connectivity index (χ3v) is 5.38.